The van der Waals surface area contributed by atoms with Crippen molar-refractivity contribution in [1.82, 2.24) is 10.3 Å². The number of hydrogen-bond acceptors (Lipinski definition) is 3. The fourth-order valence-corrected chi connectivity index (χ4v) is 2.83. The van der Waals surface area contributed by atoms with E-state index in [9.17, 15) is 9.90 Å². The molecule has 2 aromatic carbocycles. The number of carboxylic acid groups (broad SMARTS) is 1. The Balaban J connectivity index is 1.80. The fourth-order valence-electron chi connectivity index (χ4n) is 2.83. The Hall–Kier alpha value is -2.99. The first-order valence-corrected chi connectivity index (χ1v) is 8.05. The van der Waals surface area contributed by atoms with Gasteiger partial charge >= 0.3 is 6.09 Å². The van der Waals surface area contributed by atoms with Crippen molar-refractivity contribution in [2.24, 2.45) is 0 Å². The van der Waals surface area contributed by atoms with Gasteiger partial charge in [-0.3, -0.25) is 0 Å². The van der Waals surface area contributed by atoms with E-state index in [1.54, 1.807) is 0 Å². The zero-order chi connectivity index (χ0) is 17.6. The lowest BCUT2D eigenvalue weighted by Crippen LogP contribution is -2.23. The molecule has 0 atom stereocenters. The quantitative estimate of drug-likeness (QED) is 0.532. The summed E-state index contributed by atoms with van der Waals surface area (Å²) >= 11 is 0. The number of rotatable bonds is 7. The van der Waals surface area contributed by atoms with E-state index in [0.29, 0.717) is 18.7 Å². The standard InChI is InChI=1S/C19H20N2O4/c22-11-18-15(8-9-20-19(23)24)16-10-14(6-7-17(16)21-18)25-12-13-4-2-1-3-5-13/h1-7,10,20-22H,8-9,11-12H2,(H,23,24). The molecule has 0 fully saturated rings. The number of benzene rings is 2. The Labute approximate surface area is 145 Å². The van der Waals surface area contributed by atoms with Crippen molar-refractivity contribution in [1.29, 1.82) is 0 Å². The van der Waals surface area contributed by atoms with Crippen LogP contribution in [0.2, 0.25) is 0 Å². The molecule has 4 N–H and O–H groups in total. The molecule has 1 aromatic heterocycles. The van der Waals surface area contributed by atoms with Crippen LogP contribution in [-0.4, -0.2) is 27.8 Å². The second kappa shape index (κ2) is 7.72. The maximum atomic E-state index is 10.6. The minimum atomic E-state index is -1.06. The number of amides is 1. The van der Waals surface area contributed by atoms with Gasteiger partial charge in [-0.05, 0) is 35.7 Å². The van der Waals surface area contributed by atoms with E-state index in [-0.39, 0.29) is 13.2 Å². The SMILES string of the molecule is O=C(O)NCCc1c(CO)[nH]c2ccc(OCc3ccccc3)cc12. The third kappa shape index (κ3) is 4.10. The number of aromatic amines is 1. The first kappa shape index (κ1) is 16.9. The lowest BCUT2D eigenvalue weighted by atomic mass is 10.1. The molecule has 130 valence electrons. The van der Waals surface area contributed by atoms with Gasteiger partial charge in [0.1, 0.15) is 12.4 Å². The highest BCUT2D eigenvalue weighted by atomic mass is 16.5. The number of aliphatic hydroxyl groups excluding tert-OH is 1. The number of aromatic nitrogens is 1. The van der Waals surface area contributed by atoms with Crippen molar-refractivity contribution in [2.75, 3.05) is 6.54 Å². The average molecular weight is 340 g/mol. The van der Waals surface area contributed by atoms with E-state index in [4.69, 9.17) is 9.84 Å². The second-order valence-corrected chi connectivity index (χ2v) is 5.70. The van der Waals surface area contributed by atoms with Crippen LogP contribution in [0.15, 0.2) is 48.5 Å². The molecule has 0 aliphatic heterocycles. The van der Waals surface area contributed by atoms with Crippen LogP contribution >= 0.6 is 0 Å². The van der Waals surface area contributed by atoms with Crippen molar-refractivity contribution < 1.29 is 19.7 Å². The molecule has 0 radical (unpaired) electrons. The molecular formula is C19H20N2O4. The number of ether oxygens (including phenoxy) is 1. The molecule has 6 heteroatoms. The first-order chi connectivity index (χ1) is 12.2. The van der Waals surface area contributed by atoms with Gasteiger partial charge in [0.2, 0.25) is 0 Å². The normalized spacial score (nSPS) is 10.8. The molecule has 0 unspecified atom stereocenters. The summed E-state index contributed by atoms with van der Waals surface area (Å²) in [5.74, 6) is 0.729. The number of H-pyrrole nitrogens is 1. The molecule has 6 nitrogen and oxygen atoms in total. The number of aliphatic hydroxyl groups is 1. The number of fused-ring (bicyclic) bond motifs is 1. The first-order valence-electron chi connectivity index (χ1n) is 8.05. The summed E-state index contributed by atoms with van der Waals surface area (Å²) in [6.45, 7) is 0.626. The Kier molecular flexibility index (Phi) is 5.20. The van der Waals surface area contributed by atoms with E-state index >= 15 is 0 Å². The Morgan fingerprint density at radius 2 is 1.96 bits per heavy atom. The van der Waals surface area contributed by atoms with Crippen LogP contribution in [0.4, 0.5) is 4.79 Å². The summed E-state index contributed by atoms with van der Waals surface area (Å²) in [5.41, 5.74) is 3.57. The summed E-state index contributed by atoms with van der Waals surface area (Å²) < 4.78 is 5.85. The van der Waals surface area contributed by atoms with E-state index in [1.165, 1.54) is 0 Å². The molecule has 25 heavy (non-hydrogen) atoms. The van der Waals surface area contributed by atoms with Crippen molar-refractivity contribution >= 4 is 17.0 Å². The van der Waals surface area contributed by atoms with E-state index in [2.05, 4.69) is 10.3 Å². The third-order valence-electron chi connectivity index (χ3n) is 4.02. The minimum Gasteiger partial charge on any atom is -0.489 e. The highest BCUT2D eigenvalue weighted by Gasteiger charge is 2.12. The molecule has 1 amide bonds. The van der Waals surface area contributed by atoms with Crippen molar-refractivity contribution in [3.8, 4) is 5.75 Å². The predicted molar refractivity (Wildman–Crippen MR) is 94.7 cm³/mol. The van der Waals surface area contributed by atoms with Crippen LogP contribution in [0.3, 0.4) is 0 Å². The van der Waals surface area contributed by atoms with Crippen LogP contribution in [-0.2, 0) is 19.6 Å². The molecule has 1 heterocycles. The van der Waals surface area contributed by atoms with Gasteiger partial charge in [-0.25, -0.2) is 4.79 Å². The Morgan fingerprint density at radius 3 is 2.68 bits per heavy atom. The van der Waals surface area contributed by atoms with Crippen molar-refractivity contribution in [3.05, 3.63) is 65.4 Å². The lowest BCUT2D eigenvalue weighted by Gasteiger charge is -2.07. The molecule has 0 aliphatic carbocycles. The molecule has 0 saturated heterocycles. The van der Waals surface area contributed by atoms with Gasteiger partial charge in [-0.2, -0.15) is 0 Å². The maximum absolute atomic E-state index is 10.6. The summed E-state index contributed by atoms with van der Waals surface area (Å²) in [7, 11) is 0. The van der Waals surface area contributed by atoms with Gasteiger partial charge in [-0.15, -0.1) is 0 Å². The summed E-state index contributed by atoms with van der Waals surface area (Å²) in [6, 6.07) is 15.6. The number of nitrogens with one attached hydrogen (secondary N) is 2. The minimum absolute atomic E-state index is 0.128. The van der Waals surface area contributed by atoms with Crippen LogP contribution in [0.25, 0.3) is 10.9 Å². The fraction of sp³-hybridized carbons (Fsp3) is 0.211. The lowest BCUT2D eigenvalue weighted by molar-refractivity contribution is 0.194. The van der Waals surface area contributed by atoms with Gasteiger partial charge in [0.15, 0.2) is 0 Å². The van der Waals surface area contributed by atoms with Crippen molar-refractivity contribution in [2.45, 2.75) is 19.6 Å². The Bertz CT molecular complexity index is 858. The Morgan fingerprint density at radius 1 is 1.16 bits per heavy atom. The van der Waals surface area contributed by atoms with Crippen LogP contribution in [0, 0.1) is 0 Å². The summed E-state index contributed by atoms with van der Waals surface area (Å²) in [4.78, 5) is 13.8. The smallest absolute Gasteiger partial charge is 0.404 e. The highest BCUT2D eigenvalue weighted by molar-refractivity contribution is 5.86. The molecule has 0 saturated carbocycles. The summed E-state index contributed by atoms with van der Waals surface area (Å²) in [6.07, 6.45) is -0.568. The predicted octanol–water partition coefficient (Wildman–Crippen LogP) is 3.05. The van der Waals surface area contributed by atoms with Gasteiger partial charge in [0.05, 0.1) is 6.61 Å². The zero-order valence-electron chi connectivity index (χ0n) is 13.7. The molecule has 0 bridgehead atoms. The van der Waals surface area contributed by atoms with Crippen molar-refractivity contribution in [3.63, 3.8) is 0 Å². The van der Waals surface area contributed by atoms with Crippen LogP contribution in [0.1, 0.15) is 16.8 Å². The van der Waals surface area contributed by atoms with Gasteiger partial charge in [0.25, 0.3) is 0 Å². The van der Waals surface area contributed by atoms with Gasteiger partial charge in [-0.1, -0.05) is 30.3 Å². The highest BCUT2D eigenvalue weighted by Crippen LogP contribution is 2.27. The molecule has 0 aliphatic rings. The van der Waals surface area contributed by atoms with Crippen LogP contribution < -0.4 is 10.1 Å². The molecular weight excluding hydrogens is 320 g/mol. The topological polar surface area (TPSA) is 94.6 Å². The monoisotopic (exact) mass is 340 g/mol. The second-order valence-electron chi connectivity index (χ2n) is 5.70. The molecule has 0 spiro atoms. The maximum Gasteiger partial charge on any atom is 0.404 e. The molecule has 3 rings (SSSR count). The average Bonchev–Trinajstić information content (AvgIpc) is 2.98. The number of carbonyl (C=O) groups is 1. The van der Waals surface area contributed by atoms with Gasteiger partial charge < -0.3 is 25.3 Å². The largest absolute Gasteiger partial charge is 0.489 e. The van der Waals surface area contributed by atoms with E-state index in [0.717, 1.165) is 27.8 Å². The molecule has 3 aromatic rings. The van der Waals surface area contributed by atoms with Crippen LogP contribution in [0.5, 0.6) is 5.75 Å². The number of hydrogen-bond donors (Lipinski definition) is 4. The van der Waals surface area contributed by atoms with Gasteiger partial charge in [0, 0.05) is 23.1 Å². The van der Waals surface area contributed by atoms with E-state index in [1.807, 2.05) is 48.5 Å². The zero-order valence-corrected chi connectivity index (χ0v) is 13.7. The summed E-state index contributed by atoms with van der Waals surface area (Å²) in [5, 5.41) is 21.5. The van der Waals surface area contributed by atoms with E-state index < -0.39 is 6.09 Å². The third-order valence-corrected chi connectivity index (χ3v) is 4.02.